The minimum atomic E-state index is -3.62. The van der Waals surface area contributed by atoms with Gasteiger partial charge in [0.1, 0.15) is 4.90 Å². The molecule has 1 N–H and O–H groups in total. The lowest BCUT2D eigenvalue weighted by molar-refractivity contribution is 0.232. The summed E-state index contributed by atoms with van der Waals surface area (Å²) in [5.74, 6) is 0.871. The molecule has 22 heavy (non-hydrogen) atoms. The van der Waals surface area contributed by atoms with Crippen molar-refractivity contribution in [3.05, 3.63) is 16.6 Å². The van der Waals surface area contributed by atoms with Crippen molar-refractivity contribution in [2.75, 3.05) is 27.3 Å². The monoisotopic (exact) mass is 392 g/mol. The van der Waals surface area contributed by atoms with Gasteiger partial charge in [-0.3, -0.25) is 0 Å². The molecule has 8 heteroatoms. The van der Waals surface area contributed by atoms with Gasteiger partial charge in [0.2, 0.25) is 10.0 Å². The average Bonchev–Trinajstić information content (AvgIpc) is 2.49. The number of rotatable bonds is 4. The second-order valence-corrected chi connectivity index (χ2v) is 7.95. The lowest BCUT2D eigenvalue weighted by Gasteiger charge is -2.37. The maximum atomic E-state index is 13.0. The Hall–Kier alpha value is -0.830. The first kappa shape index (κ1) is 17.5. The number of benzene rings is 1. The van der Waals surface area contributed by atoms with Gasteiger partial charge in [-0.15, -0.1) is 0 Å². The first-order chi connectivity index (χ1) is 10.3. The van der Waals surface area contributed by atoms with Gasteiger partial charge in [-0.1, -0.05) is 0 Å². The SMILES string of the molecule is COc1cc(Br)c(S(=O)(=O)N2CCNC(C)C2C)cc1OC. The molecule has 2 unspecified atom stereocenters. The first-order valence-corrected chi connectivity index (χ1v) is 9.23. The zero-order valence-electron chi connectivity index (χ0n) is 13.1. The number of hydrogen-bond acceptors (Lipinski definition) is 5. The van der Waals surface area contributed by atoms with Crippen LogP contribution < -0.4 is 14.8 Å². The lowest BCUT2D eigenvalue weighted by atomic mass is 10.1. The Morgan fingerprint density at radius 1 is 1.23 bits per heavy atom. The third kappa shape index (κ3) is 3.10. The van der Waals surface area contributed by atoms with E-state index in [1.807, 2.05) is 13.8 Å². The van der Waals surface area contributed by atoms with E-state index in [0.29, 0.717) is 29.1 Å². The van der Waals surface area contributed by atoms with Crippen molar-refractivity contribution in [2.45, 2.75) is 30.8 Å². The van der Waals surface area contributed by atoms with Crippen molar-refractivity contribution >= 4 is 26.0 Å². The number of halogens is 1. The molecule has 0 amide bonds. The van der Waals surface area contributed by atoms with E-state index in [0.717, 1.165) is 0 Å². The van der Waals surface area contributed by atoms with Crippen LogP contribution in [0.1, 0.15) is 13.8 Å². The van der Waals surface area contributed by atoms with E-state index in [4.69, 9.17) is 9.47 Å². The molecule has 1 heterocycles. The summed E-state index contributed by atoms with van der Waals surface area (Å²) < 4.78 is 38.4. The number of hydrogen-bond donors (Lipinski definition) is 1. The zero-order valence-corrected chi connectivity index (χ0v) is 15.5. The maximum Gasteiger partial charge on any atom is 0.244 e. The number of ether oxygens (including phenoxy) is 2. The molecule has 1 aliphatic heterocycles. The first-order valence-electron chi connectivity index (χ1n) is 6.99. The summed E-state index contributed by atoms with van der Waals surface area (Å²) in [7, 11) is -0.625. The van der Waals surface area contributed by atoms with Gasteiger partial charge in [0.15, 0.2) is 11.5 Å². The molecule has 0 radical (unpaired) electrons. The van der Waals surface area contributed by atoms with Crippen LogP contribution in [0.25, 0.3) is 0 Å². The summed E-state index contributed by atoms with van der Waals surface area (Å²) in [5.41, 5.74) is 0. The molecule has 0 spiro atoms. The second-order valence-electron chi connectivity index (χ2n) is 5.24. The molecule has 0 aliphatic carbocycles. The molecule has 2 rings (SSSR count). The number of nitrogens with one attached hydrogen (secondary N) is 1. The van der Waals surface area contributed by atoms with Crippen LogP contribution in [0.3, 0.4) is 0 Å². The van der Waals surface area contributed by atoms with Gasteiger partial charge in [0.25, 0.3) is 0 Å². The highest BCUT2D eigenvalue weighted by atomic mass is 79.9. The highest BCUT2D eigenvalue weighted by Crippen LogP contribution is 2.37. The van der Waals surface area contributed by atoms with Crippen LogP contribution in [0.2, 0.25) is 0 Å². The topological polar surface area (TPSA) is 67.9 Å². The van der Waals surface area contributed by atoms with Gasteiger partial charge in [0, 0.05) is 35.7 Å². The largest absolute Gasteiger partial charge is 0.493 e. The standard InChI is InChI=1S/C14H21BrN2O4S/c1-9-10(2)17(6-5-16-9)22(18,19)14-8-13(21-4)12(20-3)7-11(14)15/h7-10,16H,5-6H2,1-4H3. The fourth-order valence-electron chi connectivity index (χ4n) is 2.52. The number of sulfonamides is 1. The Kier molecular flexibility index (Phi) is 5.37. The summed E-state index contributed by atoms with van der Waals surface area (Å²) in [6.45, 7) is 4.96. The van der Waals surface area contributed by atoms with Gasteiger partial charge in [-0.25, -0.2) is 8.42 Å². The Labute approximate surface area is 140 Å². The Balaban J connectivity index is 2.49. The average molecular weight is 393 g/mol. The smallest absolute Gasteiger partial charge is 0.244 e. The predicted octanol–water partition coefficient (Wildman–Crippen LogP) is 1.84. The zero-order chi connectivity index (χ0) is 16.5. The summed E-state index contributed by atoms with van der Waals surface area (Å²) >= 11 is 3.33. The molecule has 0 aromatic heterocycles. The van der Waals surface area contributed by atoms with E-state index in [1.165, 1.54) is 24.6 Å². The van der Waals surface area contributed by atoms with Crippen LogP contribution >= 0.6 is 15.9 Å². The highest BCUT2D eigenvalue weighted by Gasteiger charge is 2.36. The van der Waals surface area contributed by atoms with Crippen molar-refractivity contribution in [1.82, 2.24) is 9.62 Å². The van der Waals surface area contributed by atoms with Gasteiger partial charge in [0.05, 0.1) is 14.2 Å². The normalized spacial score (nSPS) is 23.3. The molecule has 1 fully saturated rings. The van der Waals surface area contributed by atoms with Gasteiger partial charge < -0.3 is 14.8 Å². The summed E-state index contributed by atoms with van der Waals surface area (Å²) in [6.07, 6.45) is 0. The molecule has 6 nitrogen and oxygen atoms in total. The quantitative estimate of drug-likeness (QED) is 0.846. The van der Waals surface area contributed by atoms with Crippen molar-refractivity contribution < 1.29 is 17.9 Å². The van der Waals surface area contributed by atoms with Crippen LogP contribution in [0, 0.1) is 0 Å². The van der Waals surface area contributed by atoms with E-state index in [2.05, 4.69) is 21.2 Å². The van der Waals surface area contributed by atoms with Crippen LogP contribution in [0.5, 0.6) is 11.5 Å². The van der Waals surface area contributed by atoms with Crippen LogP contribution in [0.4, 0.5) is 0 Å². The molecule has 1 aromatic carbocycles. The van der Waals surface area contributed by atoms with E-state index >= 15 is 0 Å². The van der Waals surface area contributed by atoms with E-state index in [9.17, 15) is 8.42 Å². The van der Waals surface area contributed by atoms with Crippen LogP contribution in [0.15, 0.2) is 21.5 Å². The molecule has 0 saturated carbocycles. The number of piperazine rings is 1. The fraction of sp³-hybridized carbons (Fsp3) is 0.571. The van der Waals surface area contributed by atoms with Crippen molar-refractivity contribution in [1.29, 1.82) is 0 Å². The third-order valence-corrected chi connectivity index (χ3v) is 6.95. The molecule has 1 aliphatic rings. The van der Waals surface area contributed by atoms with E-state index in [1.54, 1.807) is 6.07 Å². The summed E-state index contributed by atoms with van der Waals surface area (Å²) in [5, 5.41) is 3.28. The third-order valence-electron chi connectivity index (χ3n) is 4.00. The Morgan fingerprint density at radius 2 is 1.82 bits per heavy atom. The van der Waals surface area contributed by atoms with Crippen LogP contribution in [-0.4, -0.2) is 52.1 Å². The molecule has 0 bridgehead atoms. The van der Waals surface area contributed by atoms with Gasteiger partial charge in [-0.2, -0.15) is 4.31 Å². The molecule has 124 valence electrons. The number of nitrogens with zero attached hydrogens (tertiary/aromatic N) is 1. The molecular formula is C14H21BrN2O4S. The van der Waals surface area contributed by atoms with E-state index in [-0.39, 0.29) is 17.0 Å². The molecule has 1 aromatic rings. The molecular weight excluding hydrogens is 372 g/mol. The van der Waals surface area contributed by atoms with Crippen molar-refractivity contribution in [3.8, 4) is 11.5 Å². The minimum Gasteiger partial charge on any atom is -0.493 e. The second kappa shape index (κ2) is 6.74. The number of methoxy groups -OCH3 is 2. The molecule has 2 atom stereocenters. The molecule has 1 saturated heterocycles. The van der Waals surface area contributed by atoms with Crippen molar-refractivity contribution in [2.24, 2.45) is 0 Å². The Bertz CT molecular complexity index is 650. The lowest BCUT2D eigenvalue weighted by Crippen LogP contribution is -2.57. The van der Waals surface area contributed by atoms with Crippen LogP contribution in [-0.2, 0) is 10.0 Å². The summed E-state index contributed by atoms with van der Waals surface area (Å²) in [6, 6.07) is 3.08. The van der Waals surface area contributed by atoms with Crippen molar-refractivity contribution in [3.63, 3.8) is 0 Å². The van der Waals surface area contributed by atoms with Gasteiger partial charge >= 0.3 is 0 Å². The van der Waals surface area contributed by atoms with E-state index < -0.39 is 10.0 Å². The maximum absolute atomic E-state index is 13.0. The van der Waals surface area contributed by atoms with Gasteiger partial charge in [-0.05, 0) is 35.8 Å². The summed E-state index contributed by atoms with van der Waals surface area (Å²) in [4.78, 5) is 0.186. The minimum absolute atomic E-state index is 0.0995. The fourth-order valence-corrected chi connectivity index (χ4v) is 5.23. The predicted molar refractivity (Wildman–Crippen MR) is 88.1 cm³/mol. The Morgan fingerprint density at radius 3 is 2.41 bits per heavy atom. The highest BCUT2D eigenvalue weighted by molar-refractivity contribution is 9.10.